The van der Waals surface area contributed by atoms with E-state index in [1.807, 2.05) is 49.4 Å². The monoisotopic (exact) mass is 388 g/mol. The van der Waals surface area contributed by atoms with Gasteiger partial charge in [-0.1, -0.05) is 63.3 Å². The second kappa shape index (κ2) is 9.87. The van der Waals surface area contributed by atoms with Crippen molar-refractivity contribution in [3.05, 3.63) is 84.5 Å². The van der Waals surface area contributed by atoms with Gasteiger partial charge in [0, 0.05) is 12.0 Å². The molecule has 0 spiro atoms. The number of unbranched alkanes of at least 4 members (excludes halogenated alkanes) is 1. The molecular formula is C25H28N2O2. The molecule has 0 fully saturated rings. The Labute approximate surface area is 173 Å². The van der Waals surface area contributed by atoms with Crippen LogP contribution in [0.15, 0.2) is 84.0 Å². The molecular weight excluding hydrogens is 360 g/mol. The van der Waals surface area contributed by atoms with E-state index in [4.69, 9.17) is 9.84 Å². The lowest BCUT2D eigenvalue weighted by molar-refractivity contribution is -0.130. The fourth-order valence-electron chi connectivity index (χ4n) is 3.18. The van der Waals surface area contributed by atoms with Crippen LogP contribution in [0, 0.1) is 0 Å². The lowest BCUT2D eigenvalue weighted by Crippen LogP contribution is -2.18. The summed E-state index contributed by atoms with van der Waals surface area (Å²) in [6, 6.07) is 18.0. The molecule has 1 unspecified atom stereocenters. The van der Waals surface area contributed by atoms with E-state index in [-0.39, 0.29) is 12.0 Å². The standard InChI is InChI=1S/C25H28N2O2/c1-4-6-8-11-21-18-24(27(26-21)22-12-9-7-10-13-22)20-14-16-23(17-15-20)29-25(28)19(3)5-2/h7-17,24H,3-6,18H2,1-2H3/b11-8+. The number of benzene rings is 2. The van der Waals surface area contributed by atoms with Gasteiger partial charge < -0.3 is 4.74 Å². The second-order valence-electron chi connectivity index (χ2n) is 7.10. The molecule has 0 N–H and O–H groups in total. The van der Waals surface area contributed by atoms with Crippen molar-refractivity contribution in [2.24, 2.45) is 5.10 Å². The number of ether oxygens (including phenoxy) is 1. The molecule has 0 amide bonds. The first-order valence-electron chi connectivity index (χ1n) is 10.2. The molecule has 1 aliphatic rings. The summed E-state index contributed by atoms with van der Waals surface area (Å²) in [6.45, 7) is 7.79. The highest BCUT2D eigenvalue weighted by atomic mass is 16.5. The first-order valence-corrected chi connectivity index (χ1v) is 10.2. The van der Waals surface area contributed by atoms with Gasteiger partial charge in [-0.2, -0.15) is 5.10 Å². The van der Waals surface area contributed by atoms with E-state index in [9.17, 15) is 4.79 Å². The maximum Gasteiger partial charge on any atom is 0.338 e. The molecule has 0 bridgehead atoms. The lowest BCUT2D eigenvalue weighted by atomic mass is 10.0. The van der Waals surface area contributed by atoms with Gasteiger partial charge in [0.15, 0.2) is 0 Å². The molecule has 3 rings (SSSR count). The van der Waals surface area contributed by atoms with Gasteiger partial charge in [0.2, 0.25) is 0 Å². The summed E-state index contributed by atoms with van der Waals surface area (Å²) >= 11 is 0. The Bertz CT molecular complexity index is 898. The van der Waals surface area contributed by atoms with Crippen molar-refractivity contribution in [2.75, 3.05) is 5.01 Å². The minimum absolute atomic E-state index is 0.106. The topological polar surface area (TPSA) is 41.9 Å². The van der Waals surface area contributed by atoms with Crippen LogP contribution in [0.25, 0.3) is 0 Å². The third-order valence-electron chi connectivity index (χ3n) is 4.91. The van der Waals surface area contributed by atoms with Crippen LogP contribution in [-0.2, 0) is 4.79 Å². The predicted octanol–water partition coefficient (Wildman–Crippen LogP) is 6.22. The summed E-state index contributed by atoms with van der Waals surface area (Å²) in [6.07, 6.45) is 7.91. The van der Waals surface area contributed by atoms with Gasteiger partial charge in [-0.15, -0.1) is 0 Å². The first-order chi connectivity index (χ1) is 14.1. The Kier molecular flexibility index (Phi) is 7.01. The highest BCUT2D eigenvalue weighted by Crippen LogP contribution is 2.36. The Morgan fingerprint density at radius 1 is 1.17 bits per heavy atom. The van der Waals surface area contributed by atoms with Crippen molar-refractivity contribution < 1.29 is 9.53 Å². The zero-order valence-electron chi connectivity index (χ0n) is 17.2. The molecule has 1 heterocycles. The van der Waals surface area contributed by atoms with E-state index < -0.39 is 0 Å². The Hall–Kier alpha value is -3.14. The molecule has 2 aromatic rings. The quantitative estimate of drug-likeness (QED) is 0.306. The summed E-state index contributed by atoms with van der Waals surface area (Å²) in [4.78, 5) is 11.9. The highest BCUT2D eigenvalue weighted by Gasteiger charge is 2.28. The zero-order chi connectivity index (χ0) is 20.6. The average Bonchev–Trinajstić information content (AvgIpc) is 3.18. The van der Waals surface area contributed by atoms with Gasteiger partial charge in [-0.25, -0.2) is 4.79 Å². The van der Waals surface area contributed by atoms with Crippen molar-refractivity contribution >= 4 is 17.4 Å². The SMILES string of the molecule is C=C(CC)C(=O)Oc1ccc(C2CC(/C=C/CCC)=NN2c2ccccc2)cc1. The van der Waals surface area contributed by atoms with E-state index in [2.05, 4.69) is 42.8 Å². The van der Waals surface area contributed by atoms with Crippen molar-refractivity contribution in [1.82, 2.24) is 0 Å². The van der Waals surface area contributed by atoms with Crippen molar-refractivity contribution in [3.63, 3.8) is 0 Å². The molecule has 0 radical (unpaired) electrons. The largest absolute Gasteiger partial charge is 0.423 e. The number of carbonyl (C=O) groups excluding carboxylic acids is 1. The van der Waals surface area contributed by atoms with Crippen molar-refractivity contribution in [3.8, 4) is 5.75 Å². The number of hydrazone groups is 1. The first kappa shape index (κ1) is 20.6. The van der Waals surface area contributed by atoms with Gasteiger partial charge in [-0.3, -0.25) is 5.01 Å². The smallest absolute Gasteiger partial charge is 0.338 e. The van der Waals surface area contributed by atoms with E-state index in [1.165, 1.54) is 0 Å². The normalized spacial score (nSPS) is 16.1. The number of esters is 1. The van der Waals surface area contributed by atoms with Crippen LogP contribution >= 0.6 is 0 Å². The molecule has 2 aromatic carbocycles. The number of anilines is 1. The third-order valence-corrected chi connectivity index (χ3v) is 4.91. The Balaban J connectivity index is 1.80. The summed E-state index contributed by atoms with van der Waals surface area (Å²) in [5, 5.41) is 6.93. The van der Waals surface area contributed by atoms with Gasteiger partial charge in [-0.05, 0) is 48.7 Å². The van der Waals surface area contributed by atoms with Crippen LogP contribution in [0.4, 0.5) is 5.69 Å². The van der Waals surface area contributed by atoms with Crippen LogP contribution < -0.4 is 9.75 Å². The van der Waals surface area contributed by atoms with Crippen LogP contribution in [0.1, 0.15) is 51.1 Å². The molecule has 0 aromatic heterocycles. The number of allylic oxidation sites excluding steroid dienone is 2. The van der Waals surface area contributed by atoms with E-state index in [0.29, 0.717) is 17.7 Å². The zero-order valence-corrected chi connectivity index (χ0v) is 17.2. The molecule has 150 valence electrons. The number of hydrogen-bond acceptors (Lipinski definition) is 4. The van der Waals surface area contributed by atoms with Crippen LogP contribution in [0.2, 0.25) is 0 Å². The van der Waals surface area contributed by atoms with Crippen LogP contribution in [0.5, 0.6) is 5.75 Å². The lowest BCUT2D eigenvalue weighted by Gasteiger charge is -2.24. The van der Waals surface area contributed by atoms with E-state index in [0.717, 1.165) is 36.2 Å². The summed E-state index contributed by atoms with van der Waals surface area (Å²) in [5.74, 6) is 0.153. The maximum absolute atomic E-state index is 11.9. The molecule has 0 saturated heterocycles. The van der Waals surface area contributed by atoms with E-state index in [1.54, 1.807) is 0 Å². The molecule has 0 saturated carbocycles. The number of hydrogen-bond donors (Lipinski definition) is 0. The average molecular weight is 389 g/mol. The van der Waals surface area contributed by atoms with Gasteiger partial charge in [0.1, 0.15) is 5.75 Å². The minimum Gasteiger partial charge on any atom is -0.423 e. The second-order valence-corrected chi connectivity index (χ2v) is 7.10. The molecule has 1 atom stereocenters. The number of carbonyl (C=O) groups is 1. The molecule has 0 aliphatic carbocycles. The number of para-hydroxylation sites is 1. The molecule has 29 heavy (non-hydrogen) atoms. The van der Waals surface area contributed by atoms with E-state index >= 15 is 0 Å². The van der Waals surface area contributed by atoms with Crippen molar-refractivity contribution in [1.29, 1.82) is 0 Å². The Morgan fingerprint density at radius 3 is 2.55 bits per heavy atom. The minimum atomic E-state index is -0.376. The third kappa shape index (κ3) is 5.23. The van der Waals surface area contributed by atoms with Crippen molar-refractivity contribution in [2.45, 2.75) is 45.6 Å². The number of rotatable bonds is 8. The predicted molar refractivity (Wildman–Crippen MR) is 119 cm³/mol. The molecule has 4 heteroatoms. The number of nitrogens with zero attached hydrogens (tertiary/aromatic N) is 2. The fraction of sp³-hybridized carbons (Fsp3) is 0.280. The molecule has 4 nitrogen and oxygen atoms in total. The van der Waals surface area contributed by atoms with Crippen LogP contribution in [-0.4, -0.2) is 11.7 Å². The maximum atomic E-state index is 11.9. The molecule has 1 aliphatic heterocycles. The fourth-order valence-corrected chi connectivity index (χ4v) is 3.18. The van der Waals surface area contributed by atoms with Gasteiger partial charge >= 0.3 is 5.97 Å². The van der Waals surface area contributed by atoms with Crippen LogP contribution in [0.3, 0.4) is 0 Å². The van der Waals surface area contributed by atoms with Gasteiger partial charge in [0.05, 0.1) is 17.4 Å². The Morgan fingerprint density at radius 2 is 1.90 bits per heavy atom. The van der Waals surface area contributed by atoms with Gasteiger partial charge in [0.25, 0.3) is 0 Å². The highest BCUT2D eigenvalue weighted by molar-refractivity contribution is 5.98. The summed E-state index contributed by atoms with van der Waals surface area (Å²) in [5.41, 5.74) is 3.73. The summed E-state index contributed by atoms with van der Waals surface area (Å²) < 4.78 is 5.39. The summed E-state index contributed by atoms with van der Waals surface area (Å²) in [7, 11) is 0.